The smallest absolute Gasteiger partial charge is 0.283 e. The Morgan fingerprint density at radius 3 is 2.73 bits per heavy atom. The Bertz CT molecular complexity index is 1130. The first-order valence-electron chi connectivity index (χ1n) is 10.0. The molecule has 0 unspecified atom stereocenters. The number of halogens is 1. The van der Waals surface area contributed by atoms with Crippen LogP contribution >= 0.6 is 11.8 Å². The topological polar surface area (TPSA) is 73.8 Å². The lowest BCUT2D eigenvalue weighted by Gasteiger charge is -2.20. The standard InChI is InChI=1S/C22H20FN5OS/c23-17-10-4-5-11-18(17)27-12-6-9-15(27)13-16-19(24)28-22(25-20(16)29)30-21(26-28)14-7-2-1-3-8-14/h4-6,9-14,24H,1-3,7-8H2/b16-13-,24-19?. The largest absolute Gasteiger partial charge is 0.314 e. The van der Waals surface area contributed by atoms with Gasteiger partial charge in [-0.2, -0.15) is 15.1 Å². The number of amides is 1. The number of hydrogen-bond acceptors (Lipinski definition) is 4. The van der Waals surface area contributed by atoms with Crippen molar-refractivity contribution in [3.8, 4) is 5.69 Å². The fourth-order valence-electron chi connectivity index (χ4n) is 4.05. The number of aliphatic imine (C=N–C) groups is 1. The maximum atomic E-state index is 14.3. The van der Waals surface area contributed by atoms with E-state index in [4.69, 9.17) is 5.41 Å². The van der Waals surface area contributed by atoms with Crippen LogP contribution in [-0.2, 0) is 4.79 Å². The molecule has 1 aromatic heterocycles. The summed E-state index contributed by atoms with van der Waals surface area (Å²) in [5.41, 5.74) is 1.11. The van der Waals surface area contributed by atoms with Gasteiger partial charge in [-0.3, -0.25) is 10.2 Å². The lowest BCUT2D eigenvalue weighted by molar-refractivity contribution is -0.114. The molecule has 2 aromatic rings. The number of carbonyl (C=O) groups is 1. The van der Waals surface area contributed by atoms with Crippen molar-refractivity contribution in [1.29, 1.82) is 5.41 Å². The number of nitrogens with one attached hydrogen (secondary N) is 1. The van der Waals surface area contributed by atoms with Crippen LogP contribution in [0.3, 0.4) is 0 Å². The maximum absolute atomic E-state index is 14.3. The first kappa shape index (κ1) is 19.0. The summed E-state index contributed by atoms with van der Waals surface area (Å²) in [7, 11) is 0. The Morgan fingerprint density at radius 1 is 1.13 bits per heavy atom. The van der Waals surface area contributed by atoms with Gasteiger partial charge in [-0.05, 0) is 54.9 Å². The highest BCUT2D eigenvalue weighted by Crippen LogP contribution is 2.36. The van der Waals surface area contributed by atoms with Crippen molar-refractivity contribution in [3.63, 3.8) is 0 Å². The molecule has 3 aliphatic rings. The van der Waals surface area contributed by atoms with E-state index in [-0.39, 0.29) is 17.2 Å². The predicted molar refractivity (Wildman–Crippen MR) is 117 cm³/mol. The third-order valence-corrected chi connectivity index (χ3v) is 6.68. The number of aromatic nitrogens is 1. The Morgan fingerprint density at radius 2 is 1.93 bits per heavy atom. The molecule has 0 atom stereocenters. The molecule has 0 saturated heterocycles. The van der Waals surface area contributed by atoms with Crippen molar-refractivity contribution < 1.29 is 9.18 Å². The van der Waals surface area contributed by atoms with Gasteiger partial charge in [0, 0.05) is 17.8 Å². The first-order valence-corrected chi connectivity index (χ1v) is 10.9. The van der Waals surface area contributed by atoms with Crippen molar-refractivity contribution in [1.82, 2.24) is 9.58 Å². The molecule has 2 aliphatic heterocycles. The lowest BCUT2D eigenvalue weighted by atomic mass is 9.90. The van der Waals surface area contributed by atoms with Crippen LogP contribution in [0.2, 0.25) is 0 Å². The lowest BCUT2D eigenvalue weighted by Crippen LogP contribution is -2.35. The average molecular weight is 422 g/mol. The van der Waals surface area contributed by atoms with Gasteiger partial charge in [-0.25, -0.2) is 4.39 Å². The van der Waals surface area contributed by atoms with Gasteiger partial charge in [0.25, 0.3) is 5.91 Å². The molecule has 0 bridgehead atoms. The molecule has 5 rings (SSSR count). The van der Waals surface area contributed by atoms with Gasteiger partial charge in [-0.1, -0.05) is 31.4 Å². The third kappa shape index (κ3) is 3.31. The molecule has 8 heteroatoms. The second kappa shape index (κ2) is 7.68. The van der Waals surface area contributed by atoms with Crippen LogP contribution in [-0.4, -0.2) is 31.5 Å². The molecule has 1 N–H and O–H groups in total. The molecule has 152 valence electrons. The van der Waals surface area contributed by atoms with E-state index in [2.05, 4.69) is 10.1 Å². The third-order valence-electron chi connectivity index (χ3n) is 5.61. The monoisotopic (exact) mass is 421 g/mol. The second-order valence-electron chi connectivity index (χ2n) is 7.55. The summed E-state index contributed by atoms with van der Waals surface area (Å²) in [6.07, 6.45) is 9.11. The highest BCUT2D eigenvalue weighted by molar-refractivity contribution is 8.27. The number of benzene rings is 1. The molecule has 1 fully saturated rings. The molecular formula is C22H20FN5OS. The van der Waals surface area contributed by atoms with Crippen LogP contribution in [0.1, 0.15) is 37.8 Å². The zero-order valence-electron chi connectivity index (χ0n) is 16.2. The minimum Gasteiger partial charge on any atom is -0.314 e. The molecule has 6 nitrogen and oxygen atoms in total. The minimum atomic E-state index is -0.472. The van der Waals surface area contributed by atoms with E-state index in [0.717, 1.165) is 17.9 Å². The quantitative estimate of drug-likeness (QED) is 0.723. The van der Waals surface area contributed by atoms with Crippen molar-refractivity contribution in [2.45, 2.75) is 32.1 Å². The van der Waals surface area contributed by atoms with E-state index < -0.39 is 5.91 Å². The number of para-hydroxylation sites is 1. The molecule has 1 aromatic carbocycles. The molecular weight excluding hydrogens is 401 g/mol. The van der Waals surface area contributed by atoms with E-state index >= 15 is 0 Å². The van der Waals surface area contributed by atoms with Gasteiger partial charge in [0.05, 0.1) is 11.3 Å². The number of carbonyl (C=O) groups excluding carboxylic acids is 1. The van der Waals surface area contributed by atoms with Crippen molar-refractivity contribution in [2.75, 3.05) is 0 Å². The van der Waals surface area contributed by atoms with Crippen molar-refractivity contribution in [3.05, 3.63) is 59.7 Å². The Kier molecular flexibility index (Phi) is 4.86. The van der Waals surface area contributed by atoms with Gasteiger partial charge in [-0.15, -0.1) is 0 Å². The summed E-state index contributed by atoms with van der Waals surface area (Å²) in [4.78, 5) is 16.9. The van der Waals surface area contributed by atoms with Gasteiger partial charge in [0.2, 0.25) is 5.17 Å². The number of rotatable bonds is 3. The normalized spacial score (nSPS) is 21.1. The van der Waals surface area contributed by atoms with E-state index in [0.29, 0.717) is 22.5 Å². The molecule has 1 saturated carbocycles. The summed E-state index contributed by atoms with van der Waals surface area (Å²) in [5.74, 6) is -0.452. The van der Waals surface area contributed by atoms with E-state index in [9.17, 15) is 9.18 Å². The Balaban J connectivity index is 1.48. The summed E-state index contributed by atoms with van der Waals surface area (Å²) in [6, 6.07) is 9.98. The molecule has 0 radical (unpaired) electrons. The zero-order valence-corrected chi connectivity index (χ0v) is 17.0. The van der Waals surface area contributed by atoms with Crippen molar-refractivity contribution >= 4 is 39.8 Å². The molecule has 0 spiro atoms. The Hall–Kier alpha value is -3.00. The van der Waals surface area contributed by atoms with Gasteiger partial charge < -0.3 is 4.57 Å². The zero-order chi connectivity index (χ0) is 20.7. The highest BCUT2D eigenvalue weighted by atomic mass is 32.2. The van der Waals surface area contributed by atoms with E-state index in [1.54, 1.807) is 47.2 Å². The summed E-state index contributed by atoms with van der Waals surface area (Å²) >= 11 is 1.40. The number of hydrazone groups is 1. The molecule has 30 heavy (non-hydrogen) atoms. The molecule has 1 aliphatic carbocycles. The number of thioether (sulfide) groups is 1. The SMILES string of the molecule is N=C1/C(=C/c2cccn2-c2ccccc2F)C(=O)N=C2SC(C3CCCCC3)=NN12. The molecule has 3 heterocycles. The van der Waals surface area contributed by atoms with Crippen LogP contribution < -0.4 is 0 Å². The first-order chi connectivity index (χ1) is 14.6. The average Bonchev–Trinajstić information content (AvgIpc) is 3.39. The summed E-state index contributed by atoms with van der Waals surface area (Å²) in [6.45, 7) is 0. The maximum Gasteiger partial charge on any atom is 0.283 e. The van der Waals surface area contributed by atoms with Crippen molar-refractivity contribution in [2.24, 2.45) is 16.0 Å². The van der Waals surface area contributed by atoms with Gasteiger partial charge in [0.1, 0.15) is 10.9 Å². The van der Waals surface area contributed by atoms with E-state index in [1.165, 1.54) is 42.1 Å². The number of hydrogen-bond donors (Lipinski definition) is 1. The van der Waals surface area contributed by atoms with Crippen LogP contribution in [0.25, 0.3) is 11.8 Å². The second-order valence-corrected chi connectivity index (χ2v) is 8.54. The Labute approximate surface area is 177 Å². The summed E-state index contributed by atoms with van der Waals surface area (Å²) in [5, 5.41) is 16.1. The molecule has 1 amide bonds. The number of nitrogens with zero attached hydrogens (tertiary/aromatic N) is 4. The summed E-state index contributed by atoms with van der Waals surface area (Å²) < 4.78 is 15.9. The number of amidine groups is 2. The fourth-order valence-corrected chi connectivity index (χ4v) is 5.11. The van der Waals surface area contributed by atoms with Gasteiger partial charge >= 0.3 is 0 Å². The highest BCUT2D eigenvalue weighted by Gasteiger charge is 2.38. The van der Waals surface area contributed by atoms with Gasteiger partial charge in [0.15, 0.2) is 5.84 Å². The number of fused-ring (bicyclic) bond motifs is 1. The van der Waals surface area contributed by atoms with Crippen LogP contribution in [0.15, 0.2) is 58.3 Å². The van der Waals surface area contributed by atoms with Crippen LogP contribution in [0, 0.1) is 17.1 Å². The fraction of sp³-hybridized carbons (Fsp3) is 0.273. The predicted octanol–water partition coefficient (Wildman–Crippen LogP) is 4.82. The van der Waals surface area contributed by atoms with E-state index in [1.807, 2.05) is 0 Å². The van der Waals surface area contributed by atoms with Crippen LogP contribution in [0.5, 0.6) is 0 Å². The minimum absolute atomic E-state index is 0.00425. The van der Waals surface area contributed by atoms with Crippen LogP contribution in [0.4, 0.5) is 4.39 Å².